The van der Waals surface area contributed by atoms with E-state index in [4.69, 9.17) is 0 Å². The van der Waals surface area contributed by atoms with Gasteiger partial charge in [-0.2, -0.15) is 0 Å². The first-order valence-electron chi connectivity index (χ1n) is 11.8. The van der Waals surface area contributed by atoms with Crippen LogP contribution >= 0.6 is 0 Å². The summed E-state index contributed by atoms with van der Waals surface area (Å²) in [5.41, 5.74) is 2.92. The van der Waals surface area contributed by atoms with E-state index >= 15 is 0 Å². The minimum Gasteiger partial charge on any atom is -0.356 e. The molecule has 0 bridgehead atoms. The lowest BCUT2D eigenvalue weighted by Crippen LogP contribution is -2.51. The average molecular weight is 432 g/mol. The standard InChI is InChI=1S/C27H33N3O2/c1-2-29-26(32)27(13-17-30(18-14-27)25(31)19-21-7-3-4-8-21)20-23-9-5-6-10-24(23)22-11-15-28-16-12-22/h3,5-7,9-12,15-16,21H,2,4,8,13-14,17-20H2,1H3,(H,29,32)/t21-/m0/s1. The molecule has 0 unspecified atom stereocenters. The lowest BCUT2D eigenvalue weighted by atomic mass is 9.72. The molecule has 1 N–H and O–H groups in total. The van der Waals surface area contributed by atoms with Gasteiger partial charge in [0.15, 0.2) is 0 Å². The zero-order chi connectivity index (χ0) is 22.4. The zero-order valence-electron chi connectivity index (χ0n) is 18.9. The second kappa shape index (κ2) is 10.1. The van der Waals surface area contributed by atoms with Crippen LogP contribution in [-0.4, -0.2) is 41.3 Å². The smallest absolute Gasteiger partial charge is 0.226 e. The molecule has 4 rings (SSSR count). The van der Waals surface area contributed by atoms with Crippen LogP contribution in [0.3, 0.4) is 0 Å². The van der Waals surface area contributed by atoms with Gasteiger partial charge in [0, 0.05) is 38.4 Å². The van der Waals surface area contributed by atoms with Crippen molar-refractivity contribution in [3.05, 3.63) is 66.5 Å². The Morgan fingerprint density at radius 1 is 1.12 bits per heavy atom. The van der Waals surface area contributed by atoms with E-state index in [1.54, 1.807) is 12.4 Å². The van der Waals surface area contributed by atoms with Crippen LogP contribution in [0, 0.1) is 11.3 Å². The number of hydrogen-bond acceptors (Lipinski definition) is 3. The Morgan fingerprint density at radius 2 is 1.88 bits per heavy atom. The number of piperidine rings is 1. The first-order chi connectivity index (χ1) is 15.6. The van der Waals surface area contributed by atoms with Gasteiger partial charge in [-0.05, 0) is 73.8 Å². The number of rotatable bonds is 7. The third-order valence-electron chi connectivity index (χ3n) is 6.98. The fraction of sp³-hybridized carbons (Fsp3) is 0.444. The molecule has 168 valence electrons. The number of likely N-dealkylation sites (tertiary alicyclic amines) is 1. The number of allylic oxidation sites excluding steroid dienone is 2. The van der Waals surface area contributed by atoms with Gasteiger partial charge in [0.05, 0.1) is 5.41 Å². The van der Waals surface area contributed by atoms with Crippen molar-refractivity contribution in [2.24, 2.45) is 11.3 Å². The molecule has 1 aromatic carbocycles. The quantitative estimate of drug-likeness (QED) is 0.661. The highest BCUT2D eigenvalue weighted by molar-refractivity contribution is 5.84. The summed E-state index contributed by atoms with van der Waals surface area (Å²) in [6.45, 7) is 3.86. The fourth-order valence-electron chi connectivity index (χ4n) is 5.09. The summed E-state index contributed by atoms with van der Waals surface area (Å²) in [6, 6.07) is 12.3. The number of nitrogens with zero attached hydrogens (tertiary/aromatic N) is 2. The van der Waals surface area contributed by atoms with Crippen LogP contribution in [0.2, 0.25) is 0 Å². The number of nitrogens with one attached hydrogen (secondary N) is 1. The lowest BCUT2D eigenvalue weighted by molar-refractivity contribution is -0.141. The summed E-state index contributed by atoms with van der Waals surface area (Å²) in [7, 11) is 0. The van der Waals surface area contributed by atoms with Crippen molar-refractivity contribution in [2.75, 3.05) is 19.6 Å². The molecule has 2 heterocycles. The van der Waals surface area contributed by atoms with Crippen molar-refractivity contribution in [1.29, 1.82) is 0 Å². The van der Waals surface area contributed by atoms with Crippen LogP contribution in [0.15, 0.2) is 60.9 Å². The molecule has 5 heteroatoms. The van der Waals surface area contributed by atoms with Gasteiger partial charge in [0.1, 0.15) is 0 Å². The molecular formula is C27H33N3O2. The highest BCUT2D eigenvalue weighted by Gasteiger charge is 2.42. The van der Waals surface area contributed by atoms with Gasteiger partial charge in [0.2, 0.25) is 11.8 Å². The van der Waals surface area contributed by atoms with Gasteiger partial charge < -0.3 is 10.2 Å². The SMILES string of the molecule is CCNC(=O)C1(Cc2ccccc2-c2ccncc2)CCN(C(=O)C[C@H]2C=CCC2)CC1. The van der Waals surface area contributed by atoms with Crippen LogP contribution in [-0.2, 0) is 16.0 Å². The highest BCUT2D eigenvalue weighted by Crippen LogP contribution is 2.38. The summed E-state index contributed by atoms with van der Waals surface area (Å²) >= 11 is 0. The third kappa shape index (κ3) is 4.93. The number of carbonyl (C=O) groups excluding carboxylic acids is 2. The van der Waals surface area contributed by atoms with Crippen molar-refractivity contribution in [3.63, 3.8) is 0 Å². The number of benzene rings is 1. The molecule has 1 fully saturated rings. The van der Waals surface area contributed by atoms with Gasteiger partial charge in [-0.3, -0.25) is 14.6 Å². The Kier molecular flexibility index (Phi) is 7.03. The van der Waals surface area contributed by atoms with Crippen molar-refractivity contribution in [3.8, 4) is 11.1 Å². The van der Waals surface area contributed by atoms with Gasteiger partial charge in [-0.1, -0.05) is 36.4 Å². The maximum atomic E-state index is 13.3. The maximum absolute atomic E-state index is 13.3. The van der Waals surface area contributed by atoms with Crippen molar-refractivity contribution in [2.45, 2.75) is 45.4 Å². The Labute approximate surface area is 190 Å². The topological polar surface area (TPSA) is 62.3 Å². The average Bonchev–Trinajstić information content (AvgIpc) is 3.33. The molecule has 5 nitrogen and oxygen atoms in total. The largest absolute Gasteiger partial charge is 0.356 e. The lowest BCUT2D eigenvalue weighted by Gasteiger charge is -2.41. The number of aromatic nitrogens is 1. The number of pyridine rings is 1. The Hall–Kier alpha value is -2.95. The van der Waals surface area contributed by atoms with E-state index in [0.29, 0.717) is 51.2 Å². The molecule has 1 aliphatic heterocycles. The minimum absolute atomic E-state index is 0.107. The summed E-state index contributed by atoms with van der Waals surface area (Å²) in [5.74, 6) is 0.711. The van der Waals surface area contributed by atoms with Gasteiger partial charge in [-0.25, -0.2) is 0 Å². The van der Waals surface area contributed by atoms with Crippen LogP contribution in [0.5, 0.6) is 0 Å². The van der Waals surface area contributed by atoms with E-state index in [1.165, 1.54) is 5.56 Å². The molecule has 2 aromatic rings. The predicted molar refractivity (Wildman–Crippen MR) is 127 cm³/mol. The second-order valence-corrected chi connectivity index (χ2v) is 9.06. The molecule has 32 heavy (non-hydrogen) atoms. The molecule has 2 aliphatic rings. The minimum atomic E-state index is -0.497. The molecule has 1 aliphatic carbocycles. The molecular weight excluding hydrogens is 398 g/mol. The van der Waals surface area contributed by atoms with Gasteiger partial charge in [0.25, 0.3) is 0 Å². The van der Waals surface area contributed by atoms with Crippen LogP contribution in [0.4, 0.5) is 0 Å². The van der Waals surface area contributed by atoms with Gasteiger partial charge >= 0.3 is 0 Å². The number of carbonyl (C=O) groups is 2. The van der Waals surface area contributed by atoms with Crippen LogP contribution in [0.25, 0.3) is 11.1 Å². The predicted octanol–water partition coefficient (Wildman–Crippen LogP) is 4.39. The van der Waals surface area contributed by atoms with E-state index in [2.05, 4.69) is 34.6 Å². The van der Waals surface area contributed by atoms with Crippen molar-refractivity contribution >= 4 is 11.8 Å². The van der Waals surface area contributed by atoms with E-state index in [1.807, 2.05) is 36.1 Å². The summed E-state index contributed by atoms with van der Waals surface area (Å²) in [5, 5.41) is 3.08. The summed E-state index contributed by atoms with van der Waals surface area (Å²) in [6.07, 6.45) is 12.8. The molecule has 0 radical (unpaired) electrons. The third-order valence-corrected chi connectivity index (χ3v) is 6.98. The van der Waals surface area contributed by atoms with Gasteiger partial charge in [-0.15, -0.1) is 0 Å². The summed E-state index contributed by atoms with van der Waals surface area (Å²) in [4.78, 5) is 32.2. The van der Waals surface area contributed by atoms with E-state index in [9.17, 15) is 9.59 Å². The summed E-state index contributed by atoms with van der Waals surface area (Å²) < 4.78 is 0. The Morgan fingerprint density at radius 3 is 2.56 bits per heavy atom. The molecule has 1 saturated heterocycles. The van der Waals surface area contributed by atoms with E-state index in [-0.39, 0.29) is 11.8 Å². The second-order valence-electron chi connectivity index (χ2n) is 9.06. The zero-order valence-corrected chi connectivity index (χ0v) is 18.9. The molecule has 1 atom stereocenters. The monoisotopic (exact) mass is 431 g/mol. The molecule has 0 saturated carbocycles. The van der Waals surface area contributed by atoms with E-state index < -0.39 is 5.41 Å². The molecule has 0 spiro atoms. The molecule has 1 aromatic heterocycles. The van der Waals surface area contributed by atoms with Crippen LogP contribution in [0.1, 0.15) is 44.6 Å². The van der Waals surface area contributed by atoms with Crippen LogP contribution < -0.4 is 5.32 Å². The highest BCUT2D eigenvalue weighted by atomic mass is 16.2. The normalized spacial score (nSPS) is 19.7. The fourth-order valence-corrected chi connectivity index (χ4v) is 5.09. The first kappa shape index (κ1) is 22.3. The maximum Gasteiger partial charge on any atom is 0.226 e. The Balaban J connectivity index is 1.52. The Bertz CT molecular complexity index is 962. The first-order valence-corrected chi connectivity index (χ1v) is 11.8. The number of amides is 2. The molecule has 2 amide bonds. The van der Waals surface area contributed by atoms with Crippen molar-refractivity contribution < 1.29 is 9.59 Å². The van der Waals surface area contributed by atoms with Crippen molar-refractivity contribution in [1.82, 2.24) is 15.2 Å². The van der Waals surface area contributed by atoms with E-state index in [0.717, 1.165) is 24.0 Å². The number of hydrogen-bond donors (Lipinski definition) is 1.